The smallest absolute Gasteiger partial charge is 0.187 e. The van der Waals surface area contributed by atoms with Crippen LogP contribution in [-0.2, 0) is 6.42 Å². The van der Waals surface area contributed by atoms with Crippen LogP contribution >= 0.6 is 0 Å². The van der Waals surface area contributed by atoms with E-state index in [0.29, 0.717) is 24.5 Å². The third-order valence-electron chi connectivity index (χ3n) is 3.15. The third-order valence-corrected chi connectivity index (χ3v) is 3.15. The van der Waals surface area contributed by atoms with Crippen molar-refractivity contribution in [2.75, 3.05) is 18.0 Å². The SMILES string of the molecule is CCc1ncnc(N2CCCC(C)(O)C2)c1F. The van der Waals surface area contributed by atoms with Crippen LogP contribution < -0.4 is 4.90 Å². The highest BCUT2D eigenvalue weighted by Gasteiger charge is 2.30. The molecule has 0 aliphatic carbocycles. The van der Waals surface area contributed by atoms with E-state index >= 15 is 0 Å². The number of hydrogen-bond acceptors (Lipinski definition) is 4. The van der Waals surface area contributed by atoms with Gasteiger partial charge in [-0.1, -0.05) is 6.92 Å². The average molecular weight is 239 g/mol. The number of aryl methyl sites for hydroxylation is 1. The Morgan fingerprint density at radius 3 is 2.94 bits per heavy atom. The quantitative estimate of drug-likeness (QED) is 0.850. The monoisotopic (exact) mass is 239 g/mol. The van der Waals surface area contributed by atoms with Crippen LogP contribution in [0.2, 0.25) is 0 Å². The van der Waals surface area contributed by atoms with Crippen molar-refractivity contribution in [3.63, 3.8) is 0 Å². The number of rotatable bonds is 2. The first-order valence-corrected chi connectivity index (χ1v) is 6.00. The molecule has 2 heterocycles. The van der Waals surface area contributed by atoms with Gasteiger partial charge in [0.15, 0.2) is 11.6 Å². The molecule has 0 bridgehead atoms. The normalized spacial score (nSPS) is 25.1. The summed E-state index contributed by atoms with van der Waals surface area (Å²) in [7, 11) is 0. The summed E-state index contributed by atoms with van der Waals surface area (Å²) in [6.07, 6.45) is 3.53. The zero-order chi connectivity index (χ0) is 12.5. The molecule has 1 unspecified atom stereocenters. The Balaban J connectivity index is 2.28. The van der Waals surface area contributed by atoms with Gasteiger partial charge in [0.25, 0.3) is 0 Å². The molecular weight excluding hydrogens is 221 g/mol. The summed E-state index contributed by atoms with van der Waals surface area (Å²) >= 11 is 0. The van der Waals surface area contributed by atoms with Gasteiger partial charge in [0.05, 0.1) is 11.3 Å². The molecule has 0 radical (unpaired) electrons. The molecule has 1 atom stereocenters. The molecule has 1 aromatic rings. The fraction of sp³-hybridized carbons (Fsp3) is 0.667. The van der Waals surface area contributed by atoms with Crippen molar-refractivity contribution < 1.29 is 9.50 Å². The molecule has 0 saturated carbocycles. The predicted molar refractivity (Wildman–Crippen MR) is 63.4 cm³/mol. The molecule has 1 aromatic heterocycles. The van der Waals surface area contributed by atoms with E-state index in [1.807, 2.05) is 6.92 Å². The van der Waals surface area contributed by atoms with E-state index in [4.69, 9.17) is 0 Å². The highest BCUT2D eigenvalue weighted by atomic mass is 19.1. The van der Waals surface area contributed by atoms with Crippen molar-refractivity contribution >= 4 is 5.82 Å². The number of nitrogens with zero attached hydrogens (tertiary/aromatic N) is 3. The first-order valence-electron chi connectivity index (χ1n) is 6.00. The number of aromatic nitrogens is 2. The Labute approximate surface area is 101 Å². The van der Waals surface area contributed by atoms with E-state index < -0.39 is 5.60 Å². The van der Waals surface area contributed by atoms with Crippen LogP contribution in [0.25, 0.3) is 0 Å². The minimum atomic E-state index is -0.762. The Hall–Kier alpha value is -1.23. The lowest BCUT2D eigenvalue weighted by molar-refractivity contribution is 0.0445. The van der Waals surface area contributed by atoms with E-state index in [1.165, 1.54) is 6.33 Å². The summed E-state index contributed by atoms with van der Waals surface area (Å²) < 4.78 is 14.1. The molecule has 1 fully saturated rings. The van der Waals surface area contributed by atoms with Gasteiger partial charge in [0.1, 0.15) is 6.33 Å². The Morgan fingerprint density at radius 1 is 1.53 bits per heavy atom. The van der Waals surface area contributed by atoms with Crippen molar-refractivity contribution in [1.82, 2.24) is 9.97 Å². The van der Waals surface area contributed by atoms with Gasteiger partial charge in [-0.3, -0.25) is 0 Å². The first kappa shape index (κ1) is 12.2. The molecule has 17 heavy (non-hydrogen) atoms. The number of anilines is 1. The zero-order valence-corrected chi connectivity index (χ0v) is 10.3. The second-order valence-corrected chi connectivity index (χ2v) is 4.83. The first-order chi connectivity index (χ1) is 8.03. The van der Waals surface area contributed by atoms with Crippen LogP contribution in [0.3, 0.4) is 0 Å². The fourth-order valence-electron chi connectivity index (χ4n) is 2.26. The predicted octanol–water partition coefficient (Wildman–Crippen LogP) is 1.53. The molecule has 0 spiro atoms. The summed E-state index contributed by atoms with van der Waals surface area (Å²) in [6, 6.07) is 0. The maximum atomic E-state index is 14.1. The molecule has 0 aromatic carbocycles. The van der Waals surface area contributed by atoms with Gasteiger partial charge in [-0.05, 0) is 26.2 Å². The van der Waals surface area contributed by atoms with Crippen molar-refractivity contribution in [2.45, 2.75) is 38.7 Å². The maximum absolute atomic E-state index is 14.1. The van der Waals surface area contributed by atoms with Crippen molar-refractivity contribution in [2.24, 2.45) is 0 Å². The topological polar surface area (TPSA) is 49.2 Å². The largest absolute Gasteiger partial charge is 0.388 e. The Morgan fingerprint density at radius 2 is 2.29 bits per heavy atom. The Kier molecular flexibility index (Phi) is 3.28. The molecule has 1 aliphatic heterocycles. The lowest BCUT2D eigenvalue weighted by Crippen LogP contribution is -2.46. The van der Waals surface area contributed by atoms with Crippen LogP contribution in [0.15, 0.2) is 6.33 Å². The summed E-state index contributed by atoms with van der Waals surface area (Å²) in [4.78, 5) is 9.72. The molecule has 2 rings (SSSR count). The van der Waals surface area contributed by atoms with Crippen molar-refractivity contribution in [1.29, 1.82) is 0 Å². The van der Waals surface area contributed by atoms with Crippen LogP contribution in [0.5, 0.6) is 0 Å². The molecule has 0 amide bonds. The molecule has 1 N–H and O–H groups in total. The van der Waals surface area contributed by atoms with Crippen LogP contribution in [-0.4, -0.2) is 33.8 Å². The summed E-state index contributed by atoms with van der Waals surface area (Å²) in [5.74, 6) is -0.0375. The summed E-state index contributed by atoms with van der Waals surface area (Å²) in [6.45, 7) is 4.79. The number of aliphatic hydroxyl groups is 1. The summed E-state index contributed by atoms with van der Waals surface area (Å²) in [5.41, 5.74) is -0.331. The lowest BCUT2D eigenvalue weighted by Gasteiger charge is -2.37. The standard InChI is InChI=1S/C12H18FN3O/c1-3-9-10(13)11(15-8-14-9)16-6-4-5-12(2,17)7-16/h8,17H,3-7H2,1-2H3. The van der Waals surface area contributed by atoms with Crippen LogP contribution in [0.4, 0.5) is 10.2 Å². The number of hydrogen-bond donors (Lipinski definition) is 1. The second kappa shape index (κ2) is 4.56. The van der Waals surface area contributed by atoms with Gasteiger partial charge in [0.2, 0.25) is 0 Å². The number of halogens is 1. The van der Waals surface area contributed by atoms with Gasteiger partial charge < -0.3 is 10.0 Å². The van der Waals surface area contributed by atoms with Crippen molar-refractivity contribution in [3.8, 4) is 0 Å². The van der Waals surface area contributed by atoms with E-state index in [0.717, 1.165) is 19.4 Å². The van der Waals surface area contributed by atoms with Crippen LogP contribution in [0, 0.1) is 5.82 Å². The number of β-amino-alcohol motifs (C(OH)–C–C–N with tert-alkyl or cyclic N) is 1. The average Bonchev–Trinajstić information content (AvgIpc) is 2.28. The van der Waals surface area contributed by atoms with Gasteiger partial charge >= 0.3 is 0 Å². The van der Waals surface area contributed by atoms with E-state index in [9.17, 15) is 9.50 Å². The molecule has 1 saturated heterocycles. The van der Waals surface area contributed by atoms with Crippen molar-refractivity contribution in [3.05, 3.63) is 17.8 Å². The molecule has 94 valence electrons. The zero-order valence-electron chi connectivity index (χ0n) is 10.3. The van der Waals surface area contributed by atoms with Gasteiger partial charge in [-0.2, -0.15) is 0 Å². The molecule has 4 nitrogen and oxygen atoms in total. The molecular formula is C12H18FN3O. The highest BCUT2D eigenvalue weighted by Crippen LogP contribution is 2.26. The fourth-order valence-corrected chi connectivity index (χ4v) is 2.26. The highest BCUT2D eigenvalue weighted by molar-refractivity contribution is 5.42. The van der Waals surface area contributed by atoms with Gasteiger partial charge in [-0.25, -0.2) is 14.4 Å². The Bertz CT molecular complexity index is 409. The van der Waals surface area contributed by atoms with Crippen LogP contribution in [0.1, 0.15) is 32.4 Å². The molecule has 5 heteroatoms. The lowest BCUT2D eigenvalue weighted by atomic mass is 9.95. The third kappa shape index (κ3) is 2.54. The maximum Gasteiger partial charge on any atom is 0.187 e. The van der Waals surface area contributed by atoms with E-state index in [1.54, 1.807) is 11.8 Å². The molecule has 1 aliphatic rings. The minimum absolute atomic E-state index is 0.317. The second-order valence-electron chi connectivity index (χ2n) is 4.83. The van der Waals surface area contributed by atoms with E-state index in [2.05, 4.69) is 9.97 Å². The number of piperidine rings is 1. The van der Waals surface area contributed by atoms with E-state index in [-0.39, 0.29) is 5.82 Å². The minimum Gasteiger partial charge on any atom is -0.388 e. The van der Waals surface area contributed by atoms with Gasteiger partial charge in [-0.15, -0.1) is 0 Å². The van der Waals surface area contributed by atoms with Gasteiger partial charge in [0, 0.05) is 13.1 Å². The summed E-state index contributed by atoms with van der Waals surface area (Å²) in [5, 5.41) is 10.0.